The van der Waals surface area contributed by atoms with Gasteiger partial charge in [0.25, 0.3) is 0 Å². The lowest BCUT2D eigenvalue weighted by Crippen LogP contribution is -2.31. The predicted molar refractivity (Wildman–Crippen MR) is 78.4 cm³/mol. The van der Waals surface area contributed by atoms with E-state index in [-0.39, 0.29) is 5.50 Å². The van der Waals surface area contributed by atoms with E-state index in [2.05, 4.69) is 29.2 Å². The average molecular weight is 277 g/mol. The number of hydrogen-bond acceptors (Lipinski definition) is 3. The standard InChI is InChI=1S/C14H13ClN2S/c15-9-10-5-7-11(8-6-10)17-12-3-1-2-4-13(12)18-14(17)16/h1-8,14H,9,16H2. The zero-order valence-electron chi connectivity index (χ0n) is 9.71. The number of fused-ring (bicyclic) bond motifs is 1. The third-order valence-corrected chi connectivity index (χ3v) is 4.36. The van der Waals surface area contributed by atoms with Crippen LogP contribution in [0.25, 0.3) is 0 Å². The van der Waals surface area contributed by atoms with Gasteiger partial charge in [0.1, 0.15) is 5.50 Å². The molecule has 1 aliphatic rings. The molecule has 0 amide bonds. The van der Waals surface area contributed by atoms with Gasteiger partial charge in [-0.3, -0.25) is 0 Å². The molecule has 0 spiro atoms. The number of halogens is 1. The first-order chi connectivity index (χ1) is 8.79. The zero-order chi connectivity index (χ0) is 12.5. The molecule has 18 heavy (non-hydrogen) atoms. The summed E-state index contributed by atoms with van der Waals surface area (Å²) in [5, 5.41) is 0. The number of alkyl halides is 1. The normalized spacial score (nSPS) is 17.9. The summed E-state index contributed by atoms with van der Waals surface area (Å²) in [4.78, 5) is 3.38. The van der Waals surface area contributed by atoms with E-state index in [9.17, 15) is 0 Å². The monoisotopic (exact) mass is 276 g/mol. The van der Waals surface area contributed by atoms with Gasteiger partial charge in [0.15, 0.2) is 0 Å². The summed E-state index contributed by atoms with van der Waals surface area (Å²) in [6, 6.07) is 16.5. The van der Waals surface area contributed by atoms with Gasteiger partial charge in [0.05, 0.1) is 5.69 Å². The molecular weight excluding hydrogens is 264 g/mol. The third kappa shape index (κ3) is 1.99. The Kier molecular flexibility index (Phi) is 3.20. The number of para-hydroxylation sites is 1. The number of thioether (sulfide) groups is 1. The molecule has 1 heterocycles. The minimum atomic E-state index is -0.0655. The maximum absolute atomic E-state index is 6.19. The SMILES string of the molecule is NC1Sc2ccccc2N1c1ccc(CCl)cc1. The molecule has 2 aromatic rings. The van der Waals surface area contributed by atoms with Crippen LogP contribution in [0.4, 0.5) is 11.4 Å². The molecule has 1 unspecified atom stereocenters. The molecule has 2 N–H and O–H groups in total. The molecule has 92 valence electrons. The van der Waals surface area contributed by atoms with E-state index in [1.54, 1.807) is 11.8 Å². The van der Waals surface area contributed by atoms with E-state index in [1.807, 2.05) is 24.3 Å². The van der Waals surface area contributed by atoms with Crippen LogP contribution < -0.4 is 10.6 Å². The van der Waals surface area contributed by atoms with Crippen LogP contribution in [0.15, 0.2) is 53.4 Å². The highest BCUT2D eigenvalue weighted by atomic mass is 35.5. The van der Waals surface area contributed by atoms with Gasteiger partial charge in [-0.05, 0) is 29.8 Å². The zero-order valence-corrected chi connectivity index (χ0v) is 11.3. The molecule has 0 saturated carbocycles. The first kappa shape index (κ1) is 11.9. The molecule has 4 heteroatoms. The van der Waals surface area contributed by atoms with Gasteiger partial charge >= 0.3 is 0 Å². The van der Waals surface area contributed by atoms with Crippen molar-refractivity contribution in [3.8, 4) is 0 Å². The van der Waals surface area contributed by atoms with E-state index < -0.39 is 0 Å². The predicted octanol–water partition coefficient (Wildman–Crippen LogP) is 3.91. The molecule has 0 aromatic heterocycles. The maximum Gasteiger partial charge on any atom is 0.134 e. The lowest BCUT2D eigenvalue weighted by Gasteiger charge is -2.23. The van der Waals surface area contributed by atoms with Crippen LogP contribution in [0.3, 0.4) is 0 Å². The Morgan fingerprint density at radius 1 is 1.11 bits per heavy atom. The molecule has 0 aliphatic carbocycles. The Bertz CT molecular complexity index is 556. The van der Waals surface area contributed by atoms with Gasteiger partial charge in [-0.15, -0.1) is 11.6 Å². The molecule has 0 fully saturated rings. The fourth-order valence-electron chi connectivity index (χ4n) is 2.11. The smallest absolute Gasteiger partial charge is 0.134 e. The number of nitrogens with zero attached hydrogens (tertiary/aromatic N) is 1. The maximum atomic E-state index is 6.19. The molecule has 3 rings (SSSR count). The molecule has 2 nitrogen and oxygen atoms in total. The molecular formula is C14H13ClN2S. The lowest BCUT2D eigenvalue weighted by molar-refractivity contribution is 0.932. The van der Waals surface area contributed by atoms with Crippen molar-refractivity contribution in [3.63, 3.8) is 0 Å². The third-order valence-electron chi connectivity index (χ3n) is 3.00. The van der Waals surface area contributed by atoms with Crippen molar-refractivity contribution < 1.29 is 0 Å². The van der Waals surface area contributed by atoms with Crippen LogP contribution in [0.5, 0.6) is 0 Å². The number of anilines is 2. The topological polar surface area (TPSA) is 29.3 Å². The number of benzene rings is 2. The van der Waals surface area contributed by atoms with Gasteiger partial charge in [-0.1, -0.05) is 36.0 Å². The molecule has 0 radical (unpaired) electrons. The molecule has 0 bridgehead atoms. The van der Waals surface area contributed by atoms with Crippen molar-refractivity contribution in [2.24, 2.45) is 5.73 Å². The van der Waals surface area contributed by atoms with Gasteiger partial charge in [0.2, 0.25) is 0 Å². The van der Waals surface area contributed by atoms with Crippen molar-refractivity contribution in [2.45, 2.75) is 16.3 Å². The van der Waals surface area contributed by atoms with E-state index in [4.69, 9.17) is 17.3 Å². The Morgan fingerprint density at radius 2 is 1.83 bits per heavy atom. The van der Waals surface area contributed by atoms with Crippen LogP contribution in [-0.2, 0) is 5.88 Å². The van der Waals surface area contributed by atoms with E-state index in [1.165, 1.54) is 10.6 Å². The number of nitrogens with two attached hydrogens (primary N) is 1. The average Bonchev–Trinajstić information content (AvgIpc) is 2.75. The lowest BCUT2D eigenvalue weighted by atomic mass is 10.2. The summed E-state index contributed by atoms with van der Waals surface area (Å²) < 4.78 is 0. The molecule has 1 aliphatic heterocycles. The minimum Gasteiger partial charge on any atom is -0.315 e. The van der Waals surface area contributed by atoms with Gasteiger partial charge in [0, 0.05) is 16.5 Å². The molecule has 0 saturated heterocycles. The fraction of sp³-hybridized carbons (Fsp3) is 0.143. The second-order valence-corrected chi connectivity index (χ2v) is 5.57. The Labute approximate surface area is 116 Å². The Balaban J connectivity index is 2.00. The first-order valence-electron chi connectivity index (χ1n) is 5.75. The second kappa shape index (κ2) is 4.84. The van der Waals surface area contributed by atoms with Crippen LogP contribution >= 0.6 is 23.4 Å². The van der Waals surface area contributed by atoms with Gasteiger partial charge < -0.3 is 10.6 Å². The van der Waals surface area contributed by atoms with Crippen molar-refractivity contribution in [3.05, 3.63) is 54.1 Å². The largest absolute Gasteiger partial charge is 0.315 e. The van der Waals surface area contributed by atoms with E-state index in [0.29, 0.717) is 5.88 Å². The highest BCUT2D eigenvalue weighted by Gasteiger charge is 2.27. The summed E-state index contributed by atoms with van der Waals surface area (Å²) in [7, 11) is 0. The summed E-state index contributed by atoms with van der Waals surface area (Å²) in [6.07, 6.45) is 0. The fourth-order valence-corrected chi connectivity index (χ4v) is 3.33. The van der Waals surface area contributed by atoms with Crippen LogP contribution in [-0.4, -0.2) is 5.50 Å². The summed E-state index contributed by atoms with van der Waals surface area (Å²) in [5.74, 6) is 0.539. The summed E-state index contributed by atoms with van der Waals surface area (Å²) in [5.41, 5.74) is 9.53. The van der Waals surface area contributed by atoms with E-state index in [0.717, 1.165) is 11.3 Å². The summed E-state index contributed by atoms with van der Waals surface area (Å²) in [6.45, 7) is 0. The molecule has 2 aromatic carbocycles. The Hall–Kier alpha value is -1.16. The van der Waals surface area contributed by atoms with Gasteiger partial charge in [-0.25, -0.2) is 0 Å². The highest BCUT2D eigenvalue weighted by Crippen LogP contribution is 2.45. The minimum absolute atomic E-state index is 0.0655. The second-order valence-electron chi connectivity index (χ2n) is 4.15. The van der Waals surface area contributed by atoms with Gasteiger partial charge in [-0.2, -0.15) is 0 Å². The highest BCUT2D eigenvalue weighted by molar-refractivity contribution is 8.00. The van der Waals surface area contributed by atoms with Crippen molar-refractivity contribution in [2.75, 3.05) is 4.90 Å². The van der Waals surface area contributed by atoms with E-state index >= 15 is 0 Å². The van der Waals surface area contributed by atoms with Crippen LogP contribution in [0.2, 0.25) is 0 Å². The summed E-state index contributed by atoms with van der Waals surface area (Å²) >= 11 is 7.49. The Morgan fingerprint density at radius 3 is 2.56 bits per heavy atom. The quantitative estimate of drug-likeness (QED) is 0.843. The van der Waals surface area contributed by atoms with Crippen molar-refractivity contribution in [1.82, 2.24) is 0 Å². The number of rotatable bonds is 2. The van der Waals surface area contributed by atoms with Crippen LogP contribution in [0, 0.1) is 0 Å². The van der Waals surface area contributed by atoms with Crippen molar-refractivity contribution in [1.29, 1.82) is 0 Å². The first-order valence-corrected chi connectivity index (χ1v) is 7.16. The van der Waals surface area contributed by atoms with Crippen LogP contribution in [0.1, 0.15) is 5.56 Å². The number of hydrogen-bond donors (Lipinski definition) is 1. The molecule has 1 atom stereocenters. The van der Waals surface area contributed by atoms with Crippen molar-refractivity contribution >= 4 is 34.7 Å².